The minimum atomic E-state index is -0.840. The van der Waals surface area contributed by atoms with Crippen LogP contribution in [0.15, 0.2) is 48.7 Å². The number of hydrogen-bond acceptors (Lipinski definition) is 5. The first-order valence-corrected chi connectivity index (χ1v) is 9.99. The maximum atomic E-state index is 13.3. The molecule has 31 heavy (non-hydrogen) atoms. The van der Waals surface area contributed by atoms with Crippen LogP contribution in [0.2, 0.25) is 10.0 Å². The maximum Gasteiger partial charge on any atom is 0.268 e. The molecule has 2 aromatic carbocycles. The number of nitrogens with one attached hydrogen (secondary N) is 2. The summed E-state index contributed by atoms with van der Waals surface area (Å²) in [4.78, 5) is 24.2. The van der Waals surface area contributed by atoms with Gasteiger partial charge in [-0.05, 0) is 24.3 Å². The standard InChI is InChI=1S/C21H19Cl2FN2O5/c1-12(6-7-25-20(27)11-29-14-3-4-15(23)16(24)9-14)26-21(28)19-10-30-18-8-13(22)2-5-17(18)31-19/h2-5,8-9,19H,1,6-7,10-11H2,(H,25,27)(H,26,28)/t19-/m1/s1. The normalized spacial score (nSPS) is 14.5. The van der Waals surface area contributed by atoms with Crippen molar-refractivity contribution in [2.45, 2.75) is 12.5 Å². The molecular weight excluding hydrogens is 450 g/mol. The Balaban J connectivity index is 1.36. The molecule has 7 nitrogen and oxygen atoms in total. The Morgan fingerprint density at radius 3 is 2.77 bits per heavy atom. The molecule has 2 N–H and O–H groups in total. The van der Waals surface area contributed by atoms with Crippen LogP contribution in [0.4, 0.5) is 4.39 Å². The molecule has 0 radical (unpaired) electrons. The summed E-state index contributed by atoms with van der Waals surface area (Å²) in [6.45, 7) is 3.73. The van der Waals surface area contributed by atoms with Crippen LogP contribution in [-0.4, -0.2) is 37.7 Å². The van der Waals surface area contributed by atoms with Gasteiger partial charge in [-0.3, -0.25) is 9.59 Å². The van der Waals surface area contributed by atoms with Gasteiger partial charge in [0.1, 0.15) is 18.2 Å². The average molecular weight is 469 g/mol. The molecule has 1 aliphatic heterocycles. The van der Waals surface area contributed by atoms with Gasteiger partial charge in [0.05, 0.1) is 5.02 Å². The lowest BCUT2D eigenvalue weighted by Crippen LogP contribution is -2.43. The second-order valence-electron chi connectivity index (χ2n) is 6.57. The number of ether oxygens (including phenoxy) is 3. The topological polar surface area (TPSA) is 85.9 Å². The van der Waals surface area contributed by atoms with Crippen LogP contribution >= 0.6 is 23.2 Å². The molecule has 2 aromatic rings. The Bertz CT molecular complexity index is 1000. The lowest BCUT2D eigenvalue weighted by atomic mass is 10.2. The molecule has 1 atom stereocenters. The number of benzene rings is 2. The summed E-state index contributed by atoms with van der Waals surface area (Å²) in [7, 11) is 0. The summed E-state index contributed by atoms with van der Waals surface area (Å²) >= 11 is 11.5. The number of carbonyl (C=O) groups is 2. The third-order valence-corrected chi connectivity index (χ3v) is 4.71. The predicted octanol–water partition coefficient (Wildman–Crippen LogP) is 3.49. The van der Waals surface area contributed by atoms with Gasteiger partial charge >= 0.3 is 0 Å². The van der Waals surface area contributed by atoms with Gasteiger partial charge in [0.25, 0.3) is 11.8 Å². The number of halogens is 3. The Morgan fingerprint density at radius 1 is 1.19 bits per heavy atom. The summed E-state index contributed by atoms with van der Waals surface area (Å²) < 4.78 is 29.7. The van der Waals surface area contributed by atoms with E-state index in [1.54, 1.807) is 18.2 Å². The Morgan fingerprint density at radius 2 is 2.00 bits per heavy atom. The zero-order valence-electron chi connectivity index (χ0n) is 16.3. The lowest BCUT2D eigenvalue weighted by molar-refractivity contribution is -0.129. The van der Waals surface area contributed by atoms with Crippen molar-refractivity contribution in [2.24, 2.45) is 0 Å². The van der Waals surface area contributed by atoms with E-state index in [1.165, 1.54) is 12.1 Å². The molecule has 2 amide bonds. The van der Waals surface area contributed by atoms with Crippen molar-refractivity contribution in [2.75, 3.05) is 19.8 Å². The molecule has 0 spiro atoms. The van der Waals surface area contributed by atoms with Gasteiger partial charge < -0.3 is 24.8 Å². The lowest BCUT2D eigenvalue weighted by Gasteiger charge is -2.26. The third-order valence-electron chi connectivity index (χ3n) is 4.17. The van der Waals surface area contributed by atoms with Gasteiger partial charge in [-0.15, -0.1) is 0 Å². The predicted molar refractivity (Wildman–Crippen MR) is 113 cm³/mol. The fraction of sp³-hybridized carbons (Fsp3) is 0.238. The van der Waals surface area contributed by atoms with Crippen molar-refractivity contribution in [1.29, 1.82) is 0 Å². The molecule has 0 bridgehead atoms. The van der Waals surface area contributed by atoms with E-state index >= 15 is 0 Å². The van der Waals surface area contributed by atoms with Crippen molar-refractivity contribution in [3.8, 4) is 17.2 Å². The molecule has 3 rings (SSSR count). The Labute approximate surface area is 188 Å². The fourth-order valence-electron chi connectivity index (χ4n) is 2.61. The number of carbonyl (C=O) groups excluding carboxylic acids is 2. The number of rotatable bonds is 8. The third kappa shape index (κ3) is 6.50. The van der Waals surface area contributed by atoms with Gasteiger partial charge in [0.15, 0.2) is 18.1 Å². The highest BCUT2D eigenvalue weighted by atomic mass is 35.5. The second-order valence-corrected chi connectivity index (χ2v) is 7.41. The molecule has 1 aliphatic rings. The zero-order chi connectivity index (χ0) is 22.4. The molecular formula is C21H19Cl2FN2O5. The molecule has 0 unspecified atom stereocenters. The quantitative estimate of drug-likeness (QED) is 0.619. The van der Waals surface area contributed by atoms with E-state index < -0.39 is 23.7 Å². The molecule has 0 saturated heterocycles. The van der Waals surface area contributed by atoms with Gasteiger partial charge in [-0.25, -0.2) is 4.39 Å². The van der Waals surface area contributed by atoms with E-state index in [1.807, 2.05) is 0 Å². The summed E-state index contributed by atoms with van der Waals surface area (Å²) in [5.74, 6) is -0.367. The van der Waals surface area contributed by atoms with E-state index in [0.29, 0.717) is 28.6 Å². The smallest absolute Gasteiger partial charge is 0.268 e. The Hall–Kier alpha value is -2.97. The highest BCUT2D eigenvalue weighted by Gasteiger charge is 2.27. The zero-order valence-corrected chi connectivity index (χ0v) is 17.8. The van der Waals surface area contributed by atoms with Crippen LogP contribution < -0.4 is 24.8 Å². The number of amides is 2. The Kier molecular flexibility index (Phi) is 7.59. The van der Waals surface area contributed by atoms with Gasteiger partial charge in [0.2, 0.25) is 6.10 Å². The van der Waals surface area contributed by atoms with Gasteiger partial charge in [-0.1, -0.05) is 29.8 Å². The first-order chi connectivity index (χ1) is 14.8. The molecule has 0 fully saturated rings. The van der Waals surface area contributed by atoms with Crippen LogP contribution in [0.5, 0.6) is 17.2 Å². The monoisotopic (exact) mass is 468 g/mol. The number of fused-ring (bicyclic) bond motifs is 1. The molecule has 10 heteroatoms. The van der Waals surface area contributed by atoms with Crippen LogP contribution in [-0.2, 0) is 9.59 Å². The van der Waals surface area contributed by atoms with Gasteiger partial charge in [0, 0.05) is 35.8 Å². The van der Waals surface area contributed by atoms with E-state index in [9.17, 15) is 14.0 Å². The summed E-state index contributed by atoms with van der Waals surface area (Å²) in [6, 6.07) is 8.77. The highest BCUT2D eigenvalue weighted by Crippen LogP contribution is 2.34. The molecule has 1 heterocycles. The minimum absolute atomic E-state index is 0.0313. The maximum absolute atomic E-state index is 13.3. The molecule has 0 saturated carbocycles. The summed E-state index contributed by atoms with van der Waals surface area (Å²) in [5.41, 5.74) is 0.400. The highest BCUT2D eigenvalue weighted by molar-refractivity contribution is 6.31. The van der Waals surface area contributed by atoms with E-state index in [0.717, 1.165) is 6.07 Å². The van der Waals surface area contributed by atoms with Crippen molar-refractivity contribution >= 4 is 35.0 Å². The first-order valence-electron chi connectivity index (χ1n) is 9.24. The van der Waals surface area contributed by atoms with E-state index in [4.69, 9.17) is 37.4 Å². The number of hydrogen-bond donors (Lipinski definition) is 2. The average Bonchev–Trinajstić information content (AvgIpc) is 2.74. The molecule has 164 valence electrons. The van der Waals surface area contributed by atoms with Crippen LogP contribution in [0.25, 0.3) is 0 Å². The second kappa shape index (κ2) is 10.4. The van der Waals surface area contributed by atoms with Crippen molar-refractivity contribution in [1.82, 2.24) is 10.6 Å². The van der Waals surface area contributed by atoms with Crippen LogP contribution in [0.3, 0.4) is 0 Å². The molecule has 0 aromatic heterocycles. The van der Waals surface area contributed by atoms with Gasteiger partial charge in [-0.2, -0.15) is 0 Å². The SMILES string of the molecule is C=C(CCNC(=O)COc1ccc(Cl)c(F)c1)NC(=O)[C@H]1COc2cc(Cl)ccc2O1. The van der Waals surface area contributed by atoms with Crippen LogP contribution in [0.1, 0.15) is 6.42 Å². The minimum Gasteiger partial charge on any atom is -0.485 e. The van der Waals surface area contributed by atoms with Crippen molar-refractivity contribution < 1.29 is 28.2 Å². The first kappa shape index (κ1) is 22.7. The summed E-state index contributed by atoms with van der Waals surface area (Å²) in [5, 5.41) is 5.72. The van der Waals surface area contributed by atoms with Crippen molar-refractivity contribution in [3.63, 3.8) is 0 Å². The van der Waals surface area contributed by atoms with E-state index in [2.05, 4.69) is 17.2 Å². The van der Waals surface area contributed by atoms with Crippen LogP contribution in [0, 0.1) is 5.82 Å². The van der Waals surface area contributed by atoms with E-state index in [-0.39, 0.29) is 30.5 Å². The largest absolute Gasteiger partial charge is 0.485 e. The summed E-state index contributed by atoms with van der Waals surface area (Å²) in [6.07, 6.45) is -0.541. The fourth-order valence-corrected chi connectivity index (χ4v) is 2.89. The van der Waals surface area contributed by atoms with Crippen molar-refractivity contribution in [3.05, 3.63) is 64.5 Å². The molecule has 0 aliphatic carbocycles.